The van der Waals surface area contributed by atoms with Crippen molar-refractivity contribution >= 4 is 32.8 Å². The maximum atomic E-state index is 14.3. The number of sulfone groups is 1. The molecule has 1 N–H and O–H groups in total. The van der Waals surface area contributed by atoms with Gasteiger partial charge in [-0.25, -0.2) is 36.5 Å². The molecule has 1 fully saturated rings. The summed E-state index contributed by atoms with van der Waals surface area (Å²) < 4.78 is 72.8. The zero-order valence-electron chi connectivity index (χ0n) is 26.8. The Bertz CT molecular complexity index is 1860. The average Bonchev–Trinajstić information content (AvgIpc) is 2.97. The first-order valence-corrected chi connectivity index (χ1v) is 17.3. The van der Waals surface area contributed by atoms with Crippen LogP contribution in [0.25, 0.3) is 22.3 Å². The molecule has 0 atom stereocenters. The van der Waals surface area contributed by atoms with Crippen LogP contribution in [-0.4, -0.2) is 46.0 Å². The number of carbonyl (C=O) groups excluding carboxylic acids is 1. The van der Waals surface area contributed by atoms with Crippen LogP contribution in [0.4, 0.5) is 19.1 Å². The predicted molar refractivity (Wildman–Crippen MR) is 173 cm³/mol. The fourth-order valence-corrected chi connectivity index (χ4v) is 7.22. The number of nitrogens with zero attached hydrogens (tertiary/aromatic N) is 4. The second-order valence-corrected chi connectivity index (χ2v) is 15.1. The lowest BCUT2D eigenvalue weighted by Crippen LogP contribution is -2.30. The minimum atomic E-state index is -3.61. The molecule has 1 aliphatic carbocycles. The topological polar surface area (TPSA) is 124 Å². The van der Waals surface area contributed by atoms with Crippen molar-refractivity contribution in [3.8, 4) is 11.3 Å². The molecule has 0 spiro atoms. The van der Waals surface area contributed by atoms with Crippen molar-refractivity contribution in [2.24, 2.45) is 5.92 Å². The molecule has 0 bridgehead atoms. The van der Waals surface area contributed by atoms with E-state index in [0.717, 1.165) is 25.7 Å². The van der Waals surface area contributed by atoms with Crippen LogP contribution in [0.15, 0.2) is 48.7 Å². The average molecular weight is 670 g/mol. The van der Waals surface area contributed by atoms with Crippen molar-refractivity contribution < 1.29 is 31.1 Å². The number of pyridine rings is 2. The highest BCUT2D eigenvalue weighted by atomic mass is 32.2. The molecular weight excluding hydrogens is 631 g/mol. The summed E-state index contributed by atoms with van der Waals surface area (Å²) in [6.07, 6.45) is 2.15. The monoisotopic (exact) mass is 669 g/mol. The number of hydrogen-bond acceptors (Lipinski definition) is 9. The van der Waals surface area contributed by atoms with Crippen molar-refractivity contribution in [3.05, 3.63) is 77.0 Å². The number of esters is 1. The number of rotatable bonds is 10. The van der Waals surface area contributed by atoms with Crippen LogP contribution in [-0.2, 0) is 30.9 Å². The van der Waals surface area contributed by atoms with Gasteiger partial charge in [0.25, 0.3) is 6.43 Å². The summed E-state index contributed by atoms with van der Waals surface area (Å²) in [6.45, 7) is 7.19. The number of benzene rings is 1. The fourth-order valence-electron chi connectivity index (χ4n) is 5.81. The van der Waals surface area contributed by atoms with E-state index in [-0.39, 0.29) is 57.7 Å². The van der Waals surface area contributed by atoms with Gasteiger partial charge in [0.2, 0.25) is 5.95 Å². The fraction of sp³-hybridized carbons (Fsp3) is 0.441. The summed E-state index contributed by atoms with van der Waals surface area (Å²) in [4.78, 5) is 29.9. The summed E-state index contributed by atoms with van der Waals surface area (Å²) >= 11 is 0. The first-order chi connectivity index (χ1) is 22.1. The Kier molecular flexibility index (Phi) is 10.1. The molecule has 13 heteroatoms. The largest absolute Gasteiger partial charge is 0.460 e. The predicted octanol–water partition coefficient (Wildman–Crippen LogP) is 7.29. The van der Waals surface area contributed by atoms with Crippen molar-refractivity contribution in [2.45, 2.75) is 89.4 Å². The van der Waals surface area contributed by atoms with Gasteiger partial charge < -0.3 is 10.1 Å². The first-order valence-electron chi connectivity index (χ1n) is 15.5. The second kappa shape index (κ2) is 13.9. The SMILES string of the molecule is Cc1nc(CS(=O)(=O)Cc2ccc(F)cc2)ccc1-c1cc(C(F)F)c2nc(NC3CCC(CC(=O)OC(C)(C)C)CC3)ncc2n1. The number of aryl methyl sites for hydroxylation is 1. The molecule has 0 unspecified atom stereocenters. The number of nitrogens with one attached hydrogen (secondary N) is 1. The number of carbonyl (C=O) groups is 1. The molecule has 3 heterocycles. The Hall–Kier alpha value is -4.13. The molecule has 3 aromatic heterocycles. The number of alkyl halides is 2. The summed E-state index contributed by atoms with van der Waals surface area (Å²) in [5.74, 6) is -0.807. The maximum absolute atomic E-state index is 14.3. The molecule has 1 aliphatic rings. The number of anilines is 1. The molecular formula is C34H38F3N5O4S. The highest BCUT2D eigenvalue weighted by Gasteiger charge is 2.27. The smallest absolute Gasteiger partial charge is 0.306 e. The minimum Gasteiger partial charge on any atom is -0.460 e. The molecule has 0 saturated heterocycles. The number of fused-ring (bicyclic) bond motifs is 1. The van der Waals surface area contributed by atoms with Crippen molar-refractivity contribution in [3.63, 3.8) is 0 Å². The molecule has 0 amide bonds. The zero-order valence-corrected chi connectivity index (χ0v) is 27.6. The summed E-state index contributed by atoms with van der Waals surface area (Å²) in [6, 6.07) is 9.72. The number of ether oxygens (including phenoxy) is 1. The third-order valence-corrected chi connectivity index (χ3v) is 9.46. The Morgan fingerprint density at radius 2 is 1.70 bits per heavy atom. The van der Waals surface area contributed by atoms with E-state index in [1.54, 1.807) is 13.0 Å². The third kappa shape index (κ3) is 9.24. The standard InChI is InChI=1S/C34H38F3N5O4S/c1-20-26(14-13-25(39-20)19-47(44,45)18-22-5-9-23(35)10-6-22)28-16-27(32(36)37)31-29(41-28)17-38-33(42-31)40-24-11-7-21(8-12-24)15-30(43)46-34(2,3)4/h5-6,9-10,13-14,16-17,21,24,32H,7-8,11-12,15,18-19H2,1-4H3,(H,38,40,42). The van der Waals surface area contributed by atoms with Gasteiger partial charge in [-0.1, -0.05) is 12.1 Å². The first kappa shape index (κ1) is 34.2. The second-order valence-electron chi connectivity index (χ2n) is 13.1. The molecule has 4 aromatic rings. The van der Waals surface area contributed by atoms with Gasteiger partial charge in [0, 0.05) is 29.3 Å². The van der Waals surface area contributed by atoms with E-state index in [4.69, 9.17) is 4.74 Å². The van der Waals surface area contributed by atoms with E-state index >= 15 is 0 Å². The van der Waals surface area contributed by atoms with Crippen molar-refractivity contribution in [2.75, 3.05) is 5.32 Å². The number of halogens is 3. The maximum Gasteiger partial charge on any atom is 0.306 e. The van der Waals surface area contributed by atoms with E-state index in [1.807, 2.05) is 20.8 Å². The Balaban J connectivity index is 1.28. The van der Waals surface area contributed by atoms with Crippen LogP contribution in [0.3, 0.4) is 0 Å². The van der Waals surface area contributed by atoms with Gasteiger partial charge in [0.05, 0.1) is 29.1 Å². The van der Waals surface area contributed by atoms with E-state index in [9.17, 15) is 26.4 Å². The van der Waals surface area contributed by atoms with Gasteiger partial charge in [-0.2, -0.15) is 0 Å². The van der Waals surface area contributed by atoms with E-state index in [2.05, 4.69) is 25.3 Å². The lowest BCUT2D eigenvalue weighted by molar-refractivity contribution is -0.156. The van der Waals surface area contributed by atoms with Crippen LogP contribution < -0.4 is 5.32 Å². The van der Waals surface area contributed by atoms with E-state index < -0.39 is 27.7 Å². The molecule has 9 nitrogen and oxygen atoms in total. The highest BCUT2D eigenvalue weighted by molar-refractivity contribution is 7.89. The lowest BCUT2D eigenvalue weighted by Gasteiger charge is -2.29. The summed E-state index contributed by atoms with van der Waals surface area (Å²) in [7, 11) is -3.61. The van der Waals surface area contributed by atoms with Crippen LogP contribution in [0, 0.1) is 18.7 Å². The van der Waals surface area contributed by atoms with Crippen molar-refractivity contribution in [1.82, 2.24) is 19.9 Å². The van der Waals surface area contributed by atoms with Gasteiger partial charge in [0.15, 0.2) is 9.84 Å². The van der Waals surface area contributed by atoms with Gasteiger partial charge in [-0.3, -0.25) is 9.78 Å². The van der Waals surface area contributed by atoms with Gasteiger partial charge in [-0.15, -0.1) is 0 Å². The van der Waals surface area contributed by atoms with Gasteiger partial charge in [0.1, 0.15) is 22.5 Å². The lowest BCUT2D eigenvalue weighted by atomic mass is 9.84. The number of aromatic nitrogens is 4. The molecule has 0 aliphatic heterocycles. The van der Waals surface area contributed by atoms with Crippen LogP contribution in [0.2, 0.25) is 0 Å². The summed E-state index contributed by atoms with van der Waals surface area (Å²) in [5.41, 5.74) is 1.29. The van der Waals surface area contributed by atoms with Crippen LogP contribution >= 0.6 is 0 Å². The molecule has 47 heavy (non-hydrogen) atoms. The Morgan fingerprint density at radius 1 is 1.00 bits per heavy atom. The quantitative estimate of drug-likeness (QED) is 0.173. The third-order valence-electron chi connectivity index (χ3n) is 7.95. The molecule has 1 aromatic carbocycles. The highest BCUT2D eigenvalue weighted by Crippen LogP contribution is 2.33. The Labute approximate surface area is 272 Å². The Morgan fingerprint density at radius 3 is 2.34 bits per heavy atom. The van der Waals surface area contributed by atoms with E-state index in [1.165, 1.54) is 42.6 Å². The number of hydrogen-bond donors (Lipinski definition) is 1. The van der Waals surface area contributed by atoms with Gasteiger partial charge >= 0.3 is 5.97 Å². The van der Waals surface area contributed by atoms with E-state index in [0.29, 0.717) is 28.9 Å². The minimum absolute atomic E-state index is 0.0361. The zero-order chi connectivity index (χ0) is 33.9. The van der Waals surface area contributed by atoms with Gasteiger partial charge in [-0.05, 0) is 95.2 Å². The van der Waals surface area contributed by atoms with Crippen LogP contribution in [0.5, 0.6) is 0 Å². The molecule has 1 saturated carbocycles. The molecule has 0 radical (unpaired) electrons. The molecule has 250 valence electrons. The molecule has 5 rings (SSSR count). The summed E-state index contributed by atoms with van der Waals surface area (Å²) in [5, 5.41) is 3.26. The normalized spacial score (nSPS) is 17.2. The van der Waals surface area contributed by atoms with Crippen molar-refractivity contribution in [1.29, 1.82) is 0 Å². The van der Waals surface area contributed by atoms with Crippen LogP contribution in [0.1, 0.15) is 81.8 Å².